The molecule has 0 aromatic heterocycles. The highest BCUT2D eigenvalue weighted by Gasteiger charge is 2.31. The fourth-order valence-corrected chi connectivity index (χ4v) is 3.59. The monoisotopic (exact) mass is 356 g/mol. The number of hydrogen-bond donors (Lipinski definition) is 3. The average molecular weight is 356 g/mol. The zero-order valence-corrected chi connectivity index (χ0v) is 15.2. The average Bonchev–Trinajstić information content (AvgIpc) is 2.49. The van der Waals surface area contributed by atoms with Gasteiger partial charge < -0.3 is 20.3 Å². The van der Waals surface area contributed by atoms with E-state index in [4.69, 9.17) is 4.74 Å². The molecule has 0 aliphatic rings. The first kappa shape index (κ1) is 20.2. The minimum atomic E-state index is -3.49. The molecule has 2 unspecified atom stereocenters. The molecular formula is C16H25N2O5P. The molecule has 2 amide bonds. The van der Waals surface area contributed by atoms with Gasteiger partial charge in [0, 0.05) is 6.66 Å². The molecule has 0 aliphatic heterocycles. The predicted molar refractivity (Wildman–Crippen MR) is 91.7 cm³/mol. The first-order chi connectivity index (χ1) is 11.1. The number of benzene rings is 1. The Bertz CT molecular complexity index is 600. The topological polar surface area (TPSA) is 105 Å². The summed E-state index contributed by atoms with van der Waals surface area (Å²) in [5.41, 5.74) is 0.830. The molecule has 8 heteroatoms. The van der Waals surface area contributed by atoms with Crippen LogP contribution in [0.2, 0.25) is 0 Å². The molecule has 7 nitrogen and oxygen atoms in total. The molecule has 1 aromatic rings. The molecular weight excluding hydrogens is 331 g/mol. The van der Waals surface area contributed by atoms with E-state index < -0.39 is 31.2 Å². The van der Waals surface area contributed by atoms with Crippen LogP contribution in [0.3, 0.4) is 0 Å². The molecule has 0 saturated carbocycles. The van der Waals surface area contributed by atoms with Crippen LogP contribution < -0.4 is 10.6 Å². The lowest BCUT2D eigenvalue weighted by molar-refractivity contribution is -0.123. The predicted octanol–water partition coefficient (Wildman–Crippen LogP) is 2.30. The summed E-state index contributed by atoms with van der Waals surface area (Å²) in [6.07, 6.45) is -0.730. The Morgan fingerprint density at radius 1 is 1.17 bits per heavy atom. The molecule has 1 rings (SSSR count). The molecule has 0 aliphatic carbocycles. The van der Waals surface area contributed by atoms with Crippen LogP contribution in [0, 0.1) is 5.92 Å². The van der Waals surface area contributed by atoms with Gasteiger partial charge >= 0.3 is 6.09 Å². The van der Waals surface area contributed by atoms with Crippen molar-refractivity contribution in [3.8, 4) is 0 Å². The molecule has 0 spiro atoms. The van der Waals surface area contributed by atoms with Crippen LogP contribution >= 0.6 is 7.37 Å². The normalized spacial score (nSPS) is 15.9. The highest BCUT2D eigenvalue weighted by atomic mass is 31.2. The van der Waals surface area contributed by atoms with Gasteiger partial charge in [-0.05, 0) is 18.4 Å². The summed E-state index contributed by atoms with van der Waals surface area (Å²) in [6, 6.07) is 8.26. The van der Waals surface area contributed by atoms with Crippen molar-refractivity contribution >= 4 is 19.4 Å². The van der Waals surface area contributed by atoms with E-state index in [0.29, 0.717) is 0 Å². The highest BCUT2D eigenvalue weighted by Crippen LogP contribution is 2.43. The number of alkyl carbamates (subject to hydrolysis) is 1. The van der Waals surface area contributed by atoms with Gasteiger partial charge in [-0.15, -0.1) is 0 Å². The van der Waals surface area contributed by atoms with E-state index in [2.05, 4.69) is 10.6 Å². The largest absolute Gasteiger partial charge is 0.445 e. The van der Waals surface area contributed by atoms with Gasteiger partial charge in [-0.3, -0.25) is 9.36 Å². The summed E-state index contributed by atoms with van der Waals surface area (Å²) >= 11 is 0. The van der Waals surface area contributed by atoms with Crippen molar-refractivity contribution < 1.29 is 23.8 Å². The summed E-state index contributed by atoms with van der Waals surface area (Å²) in [5, 5.41) is 4.91. The van der Waals surface area contributed by atoms with Crippen LogP contribution in [0.25, 0.3) is 0 Å². The Morgan fingerprint density at radius 2 is 1.75 bits per heavy atom. The van der Waals surface area contributed by atoms with Gasteiger partial charge in [-0.2, -0.15) is 0 Å². The van der Waals surface area contributed by atoms with E-state index in [1.54, 1.807) is 13.8 Å². The maximum Gasteiger partial charge on any atom is 0.408 e. The number of nitrogens with one attached hydrogen (secondary N) is 2. The number of amides is 2. The van der Waals surface area contributed by atoms with E-state index >= 15 is 0 Å². The first-order valence-electron chi connectivity index (χ1n) is 7.68. The van der Waals surface area contributed by atoms with Crippen LogP contribution in [-0.2, 0) is 20.7 Å². The summed E-state index contributed by atoms with van der Waals surface area (Å²) < 4.78 is 16.9. The maximum absolute atomic E-state index is 12.1. The Kier molecular flexibility index (Phi) is 7.45. The van der Waals surface area contributed by atoms with Crippen LogP contribution in [-0.4, -0.2) is 35.4 Å². The van der Waals surface area contributed by atoms with Crippen molar-refractivity contribution in [2.75, 3.05) is 6.66 Å². The van der Waals surface area contributed by atoms with E-state index in [1.807, 2.05) is 30.3 Å². The highest BCUT2D eigenvalue weighted by molar-refractivity contribution is 7.57. The molecule has 0 radical (unpaired) electrons. The summed E-state index contributed by atoms with van der Waals surface area (Å²) in [5.74, 6) is -1.62. The summed E-state index contributed by atoms with van der Waals surface area (Å²) in [7, 11) is -3.49. The zero-order valence-electron chi connectivity index (χ0n) is 14.4. The Balaban J connectivity index is 2.50. The van der Waals surface area contributed by atoms with Gasteiger partial charge in [0.05, 0.1) is 0 Å². The first-order valence-corrected chi connectivity index (χ1v) is 9.86. The minimum absolute atomic E-state index is 0.0937. The number of hydrogen-bond acceptors (Lipinski definition) is 4. The van der Waals surface area contributed by atoms with Crippen molar-refractivity contribution in [3.63, 3.8) is 0 Å². The van der Waals surface area contributed by atoms with Gasteiger partial charge in [0.25, 0.3) is 0 Å². The number of carbonyl (C=O) groups excluding carboxylic acids is 2. The Hall–Kier alpha value is -1.85. The number of rotatable bonds is 7. The zero-order chi connectivity index (χ0) is 18.3. The Labute approximate surface area is 142 Å². The molecule has 0 fully saturated rings. The van der Waals surface area contributed by atoms with Crippen molar-refractivity contribution in [3.05, 3.63) is 35.9 Å². The van der Waals surface area contributed by atoms with E-state index in [9.17, 15) is 19.0 Å². The lowest BCUT2D eigenvalue weighted by atomic mass is 10.2. The molecule has 0 heterocycles. The molecule has 24 heavy (non-hydrogen) atoms. The lowest BCUT2D eigenvalue weighted by Gasteiger charge is -2.26. The van der Waals surface area contributed by atoms with E-state index in [0.717, 1.165) is 5.56 Å². The van der Waals surface area contributed by atoms with Crippen molar-refractivity contribution in [1.29, 1.82) is 0 Å². The third kappa shape index (κ3) is 6.72. The molecule has 134 valence electrons. The second-order valence-electron chi connectivity index (χ2n) is 6.07. The lowest BCUT2D eigenvalue weighted by Crippen LogP contribution is -2.49. The minimum Gasteiger partial charge on any atom is -0.445 e. The van der Waals surface area contributed by atoms with Crippen molar-refractivity contribution in [1.82, 2.24) is 10.6 Å². The standard InChI is InChI=1S/C16H25N2O5P/c1-11(2)15(24(4,21)22)18-14(19)12(3)17-16(20)23-10-13-8-6-5-7-9-13/h5-9,11-12,15H,10H2,1-4H3,(H,17,20)(H,18,19)(H,21,22)/t12-,15?/m0/s1. The summed E-state index contributed by atoms with van der Waals surface area (Å²) in [4.78, 5) is 33.5. The fraction of sp³-hybridized carbons (Fsp3) is 0.500. The molecule has 1 aromatic carbocycles. The van der Waals surface area contributed by atoms with Gasteiger partial charge in [0.1, 0.15) is 18.4 Å². The smallest absolute Gasteiger partial charge is 0.408 e. The molecule has 3 atom stereocenters. The van der Waals surface area contributed by atoms with Gasteiger partial charge in [-0.1, -0.05) is 44.2 Å². The second-order valence-corrected chi connectivity index (χ2v) is 8.51. The molecule has 0 saturated heterocycles. The van der Waals surface area contributed by atoms with Crippen LogP contribution in [0.1, 0.15) is 26.3 Å². The van der Waals surface area contributed by atoms with Crippen molar-refractivity contribution in [2.24, 2.45) is 5.92 Å². The fourth-order valence-electron chi connectivity index (χ4n) is 2.12. The van der Waals surface area contributed by atoms with Crippen LogP contribution in [0.15, 0.2) is 30.3 Å². The van der Waals surface area contributed by atoms with E-state index in [1.165, 1.54) is 13.6 Å². The van der Waals surface area contributed by atoms with Crippen molar-refractivity contribution in [2.45, 2.75) is 39.2 Å². The van der Waals surface area contributed by atoms with Gasteiger partial charge in [-0.25, -0.2) is 4.79 Å². The number of ether oxygens (including phenoxy) is 1. The SMILES string of the molecule is CC(C)C(NC(=O)[C@H](C)NC(=O)OCc1ccccc1)P(C)(=O)O. The van der Waals surface area contributed by atoms with E-state index in [-0.39, 0.29) is 12.5 Å². The third-order valence-corrected chi connectivity index (χ3v) is 5.14. The quantitative estimate of drug-likeness (QED) is 0.650. The van der Waals surface area contributed by atoms with Gasteiger partial charge in [0.2, 0.25) is 13.3 Å². The number of carbonyl (C=O) groups is 2. The third-order valence-electron chi connectivity index (χ3n) is 3.38. The summed E-state index contributed by atoms with van der Waals surface area (Å²) in [6.45, 7) is 6.25. The molecule has 0 bridgehead atoms. The molecule has 3 N–H and O–H groups in total. The van der Waals surface area contributed by atoms with Crippen LogP contribution in [0.4, 0.5) is 4.79 Å². The Morgan fingerprint density at radius 3 is 2.25 bits per heavy atom. The van der Waals surface area contributed by atoms with Gasteiger partial charge in [0.15, 0.2) is 0 Å². The van der Waals surface area contributed by atoms with Crippen LogP contribution in [0.5, 0.6) is 0 Å². The maximum atomic E-state index is 12.1. The second kappa shape index (κ2) is 8.85.